The molecule has 0 aliphatic heterocycles. The van der Waals surface area contributed by atoms with Gasteiger partial charge in [0.25, 0.3) is 0 Å². The van der Waals surface area contributed by atoms with E-state index in [9.17, 15) is 0 Å². The van der Waals surface area contributed by atoms with Gasteiger partial charge in [-0.05, 0) is 25.5 Å². The van der Waals surface area contributed by atoms with E-state index in [0.717, 1.165) is 46.5 Å². The Morgan fingerprint density at radius 2 is 1.90 bits per heavy atom. The maximum Gasteiger partial charge on any atom is 0.133 e. The van der Waals surface area contributed by atoms with E-state index < -0.39 is 0 Å². The highest BCUT2D eigenvalue weighted by molar-refractivity contribution is 7.99. The summed E-state index contributed by atoms with van der Waals surface area (Å²) in [7, 11) is 0. The highest BCUT2D eigenvalue weighted by Gasteiger charge is 2.11. The fourth-order valence-corrected chi connectivity index (χ4v) is 2.61. The highest BCUT2D eigenvalue weighted by Crippen LogP contribution is 2.30. The number of nitrogens with zero attached hydrogens (tertiary/aromatic N) is 3. The molecule has 106 valence electrons. The average molecular weight is 288 g/mol. The van der Waals surface area contributed by atoms with E-state index in [-0.39, 0.29) is 0 Å². The molecule has 20 heavy (non-hydrogen) atoms. The van der Waals surface area contributed by atoms with Gasteiger partial charge < -0.3 is 5.32 Å². The molecule has 0 aromatic carbocycles. The molecule has 0 spiro atoms. The average Bonchev–Trinajstić information content (AvgIpc) is 2.49. The topological polar surface area (TPSA) is 50.7 Å². The van der Waals surface area contributed by atoms with Crippen LogP contribution in [0.4, 0.5) is 5.82 Å². The number of aryl methyl sites for hydroxylation is 1. The summed E-state index contributed by atoms with van der Waals surface area (Å²) in [6.45, 7) is 7.23. The van der Waals surface area contributed by atoms with E-state index >= 15 is 0 Å². The van der Waals surface area contributed by atoms with Crippen molar-refractivity contribution in [1.29, 1.82) is 0 Å². The molecule has 1 N–H and O–H groups in total. The zero-order valence-electron chi connectivity index (χ0n) is 12.2. The standard InChI is InChI=1S/C15H20N4S/c1-4-8-17-14-11(3)15(19-13(5-2)18-14)20-12-6-9-16-10-7-12/h6-7,9-10H,4-5,8H2,1-3H3,(H,17,18,19). The summed E-state index contributed by atoms with van der Waals surface area (Å²) in [6.07, 6.45) is 5.52. The first-order valence-electron chi connectivity index (χ1n) is 6.93. The Labute approximate surface area is 124 Å². The zero-order chi connectivity index (χ0) is 14.4. The van der Waals surface area contributed by atoms with E-state index in [1.54, 1.807) is 24.2 Å². The van der Waals surface area contributed by atoms with Gasteiger partial charge in [-0.1, -0.05) is 25.6 Å². The quantitative estimate of drug-likeness (QED) is 0.821. The molecule has 2 heterocycles. The summed E-state index contributed by atoms with van der Waals surface area (Å²) in [5.41, 5.74) is 1.11. The van der Waals surface area contributed by atoms with Crippen LogP contribution in [-0.2, 0) is 6.42 Å². The van der Waals surface area contributed by atoms with Crippen molar-refractivity contribution in [1.82, 2.24) is 15.0 Å². The monoisotopic (exact) mass is 288 g/mol. The first kappa shape index (κ1) is 14.8. The van der Waals surface area contributed by atoms with Crippen LogP contribution in [0, 0.1) is 6.92 Å². The molecule has 0 bridgehead atoms. The lowest BCUT2D eigenvalue weighted by Gasteiger charge is -2.12. The zero-order valence-corrected chi connectivity index (χ0v) is 13.0. The van der Waals surface area contributed by atoms with Crippen LogP contribution in [0.3, 0.4) is 0 Å². The second kappa shape index (κ2) is 7.24. The van der Waals surface area contributed by atoms with E-state index in [2.05, 4.69) is 41.0 Å². The number of nitrogens with one attached hydrogen (secondary N) is 1. The molecule has 4 nitrogen and oxygen atoms in total. The normalized spacial score (nSPS) is 10.6. The molecule has 2 rings (SSSR count). The van der Waals surface area contributed by atoms with Crippen LogP contribution in [0.25, 0.3) is 0 Å². The Balaban J connectivity index is 2.31. The number of rotatable bonds is 6. The summed E-state index contributed by atoms with van der Waals surface area (Å²) in [6, 6.07) is 3.99. The van der Waals surface area contributed by atoms with Crippen LogP contribution >= 0.6 is 11.8 Å². The summed E-state index contributed by atoms with van der Waals surface area (Å²) in [4.78, 5) is 14.4. The van der Waals surface area contributed by atoms with Crippen molar-refractivity contribution in [2.75, 3.05) is 11.9 Å². The minimum absolute atomic E-state index is 0.838. The van der Waals surface area contributed by atoms with Gasteiger partial charge in [0.2, 0.25) is 0 Å². The summed E-state index contributed by atoms with van der Waals surface area (Å²) < 4.78 is 0. The van der Waals surface area contributed by atoms with Crippen molar-refractivity contribution in [3.05, 3.63) is 35.9 Å². The number of aromatic nitrogens is 3. The van der Waals surface area contributed by atoms with Crippen LogP contribution in [0.1, 0.15) is 31.7 Å². The molecule has 0 saturated heterocycles. The number of anilines is 1. The molecule has 0 saturated carbocycles. The van der Waals surface area contributed by atoms with Gasteiger partial charge in [-0.15, -0.1) is 0 Å². The van der Waals surface area contributed by atoms with Crippen LogP contribution in [0.5, 0.6) is 0 Å². The van der Waals surface area contributed by atoms with Gasteiger partial charge in [-0.2, -0.15) is 0 Å². The van der Waals surface area contributed by atoms with Crippen molar-refractivity contribution >= 4 is 17.6 Å². The molecule has 0 aliphatic rings. The Hall–Kier alpha value is -1.62. The largest absolute Gasteiger partial charge is 0.370 e. The molecular formula is C15H20N4S. The maximum atomic E-state index is 4.65. The van der Waals surface area contributed by atoms with Crippen LogP contribution in [-0.4, -0.2) is 21.5 Å². The third-order valence-corrected chi connectivity index (χ3v) is 3.97. The van der Waals surface area contributed by atoms with E-state index in [1.165, 1.54) is 0 Å². The van der Waals surface area contributed by atoms with Crippen LogP contribution in [0.2, 0.25) is 0 Å². The predicted octanol–water partition coefficient (Wildman–Crippen LogP) is 3.72. The summed E-state index contributed by atoms with van der Waals surface area (Å²) in [5.74, 6) is 1.83. The molecule has 0 fully saturated rings. The minimum atomic E-state index is 0.838. The maximum absolute atomic E-state index is 4.65. The fraction of sp³-hybridized carbons (Fsp3) is 0.400. The van der Waals surface area contributed by atoms with Gasteiger partial charge in [-0.25, -0.2) is 9.97 Å². The Bertz CT molecular complexity index is 557. The SMILES string of the molecule is CCCNc1nc(CC)nc(Sc2ccncc2)c1C. The van der Waals surface area contributed by atoms with Gasteiger partial charge in [-0.3, -0.25) is 4.98 Å². The smallest absolute Gasteiger partial charge is 0.133 e. The molecule has 0 unspecified atom stereocenters. The van der Waals surface area contributed by atoms with Crippen LogP contribution < -0.4 is 5.32 Å². The van der Waals surface area contributed by atoms with E-state index in [1.807, 2.05) is 12.1 Å². The lowest BCUT2D eigenvalue weighted by Crippen LogP contribution is -2.08. The second-order valence-corrected chi connectivity index (χ2v) is 5.55. The molecule has 0 aliphatic carbocycles. The van der Waals surface area contributed by atoms with Gasteiger partial charge in [0.15, 0.2) is 0 Å². The number of hydrogen-bond donors (Lipinski definition) is 1. The first-order valence-corrected chi connectivity index (χ1v) is 7.75. The molecule has 0 amide bonds. The van der Waals surface area contributed by atoms with Gasteiger partial charge in [0.05, 0.1) is 0 Å². The fourth-order valence-electron chi connectivity index (χ4n) is 1.73. The van der Waals surface area contributed by atoms with Crippen molar-refractivity contribution in [2.24, 2.45) is 0 Å². The van der Waals surface area contributed by atoms with Crippen molar-refractivity contribution in [2.45, 2.75) is 43.5 Å². The van der Waals surface area contributed by atoms with Gasteiger partial charge >= 0.3 is 0 Å². The Kier molecular flexibility index (Phi) is 5.35. The van der Waals surface area contributed by atoms with Gasteiger partial charge in [0.1, 0.15) is 16.7 Å². The van der Waals surface area contributed by atoms with Crippen molar-refractivity contribution < 1.29 is 0 Å². The van der Waals surface area contributed by atoms with Crippen molar-refractivity contribution in [3.8, 4) is 0 Å². The van der Waals surface area contributed by atoms with E-state index in [0.29, 0.717) is 0 Å². The molecule has 0 radical (unpaired) electrons. The number of hydrogen-bond acceptors (Lipinski definition) is 5. The van der Waals surface area contributed by atoms with Crippen molar-refractivity contribution in [3.63, 3.8) is 0 Å². The third kappa shape index (κ3) is 3.70. The second-order valence-electron chi connectivity index (χ2n) is 4.48. The molecule has 2 aromatic rings. The molecule has 2 aromatic heterocycles. The lowest BCUT2D eigenvalue weighted by molar-refractivity contribution is 0.861. The highest BCUT2D eigenvalue weighted by atomic mass is 32.2. The van der Waals surface area contributed by atoms with Crippen LogP contribution in [0.15, 0.2) is 34.4 Å². The summed E-state index contributed by atoms with van der Waals surface area (Å²) in [5, 5.41) is 4.40. The third-order valence-electron chi connectivity index (χ3n) is 2.87. The first-order chi connectivity index (χ1) is 9.74. The Morgan fingerprint density at radius 3 is 2.55 bits per heavy atom. The minimum Gasteiger partial charge on any atom is -0.370 e. The predicted molar refractivity (Wildman–Crippen MR) is 83.3 cm³/mol. The summed E-state index contributed by atoms with van der Waals surface area (Å²) >= 11 is 1.66. The molecule has 0 atom stereocenters. The number of pyridine rings is 1. The molecule has 5 heteroatoms. The van der Waals surface area contributed by atoms with Gasteiger partial charge in [0, 0.05) is 35.8 Å². The van der Waals surface area contributed by atoms with E-state index in [4.69, 9.17) is 0 Å². The molecular weight excluding hydrogens is 268 g/mol. The Morgan fingerprint density at radius 1 is 1.15 bits per heavy atom. The lowest BCUT2D eigenvalue weighted by atomic mass is 10.3.